The van der Waals surface area contributed by atoms with Gasteiger partial charge in [-0.05, 0) is 19.1 Å². The third-order valence-electron chi connectivity index (χ3n) is 4.24. The first kappa shape index (κ1) is 14.5. The molecule has 1 aliphatic rings. The maximum Gasteiger partial charge on any atom is 0.298 e. The van der Waals surface area contributed by atoms with Crippen LogP contribution in [0.1, 0.15) is 12.6 Å². The Balaban J connectivity index is 1.57. The molecule has 7 nitrogen and oxygen atoms in total. The summed E-state index contributed by atoms with van der Waals surface area (Å²) in [5, 5.41) is 9.21. The van der Waals surface area contributed by atoms with E-state index in [-0.39, 0.29) is 6.04 Å². The topological polar surface area (TPSA) is 82.1 Å². The SMILES string of the molecule is CC1CN(c2nccnc2C#N)CCN1c1nc2ccccc2o1. The molecule has 0 N–H and O–H groups in total. The highest BCUT2D eigenvalue weighted by Gasteiger charge is 2.29. The largest absolute Gasteiger partial charge is 0.423 e. The molecule has 2 aromatic heterocycles. The molecule has 1 fully saturated rings. The van der Waals surface area contributed by atoms with Gasteiger partial charge in [-0.1, -0.05) is 12.1 Å². The summed E-state index contributed by atoms with van der Waals surface area (Å²) in [4.78, 5) is 17.2. The van der Waals surface area contributed by atoms with Crippen molar-refractivity contribution in [1.82, 2.24) is 15.0 Å². The van der Waals surface area contributed by atoms with Gasteiger partial charge in [-0.3, -0.25) is 0 Å². The van der Waals surface area contributed by atoms with E-state index in [9.17, 15) is 5.26 Å². The average molecular weight is 320 g/mol. The summed E-state index contributed by atoms with van der Waals surface area (Å²) in [6, 6.07) is 10.7. The van der Waals surface area contributed by atoms with E-state index in [0.717, 1.165) is 30.7 Å². The van der Waals surface area contributed by atoms with E-state index in [4.69, 9.17) is 4.42 Å². The van der Waals surface area contributed by atoms with Gasteiger partial charge in [-0.15, -0.1) is 0 Å². The number of benzene rings is 1. The van der Waals surface area contributed by atoms with Crippen LogP contribution in [0.15, 0.2) is 41.1 Å². The van der Waals surface area contributed by atoms with E-state index >= 15 is 0 Å². The van der Waals surface area contributed by atoms with Gasteiger partial charge in [-0.2, -0.15) is 10.2 Å². The highest BCUT2D eigenvalue weighted by molar-refractivity contribution is 5.74. The highest BCUT2D eigenvalue weighted by atomic mass is 16.4. The van der Waals surface area contributed by atoms with Crippen molar-refractivity contribution in [2.45, 2.75) is 13.0 Å². The minimum Gasteiger partial charge on any atom is -0.423 e. The maximum absolute atomic E-state index is 9.21. The molecular weight excluding hydrogens is 304 g/mol. The van der Waals surface area contributed by atoms with Gasteiger partial charge in [0.25, 0.3) is 6.01 Å². The lowest BCUT2D eigenvalue weighted by Gasteiger charge is -2.39. The van der Waals surface area contributed by atoms with E-state index in [1.54, 1.807) is 12.4 Å². The number of fused-ring (bicyclic) bond motifs is 1. The molecule has 0 bridgehead atoms. The lowest BCUT2D eigenvalue weighted by molar-refractivity contribution is 0.484. The van der Waals surface area contributed by atoms with Crippen LogP contribution >= 0.6 is 0 Å². The van der Waals surface area contributed by atoms with Gasteiger partial charge in [0.2, 0.25) is 0 Å². The predicted octanol–water partition coefficient (Wildman–Crippen LogP) is 2.20. The summed E-state index contributed by atoms with van der Waals surface area (Å²) in [7, 11) is 0. The first-order chi connectivity index (χ1) is 11.8. The van der Waals surface area contributed by atoms with Gasteiger partial charge in [0.05, 0.1) is 0 Å². The summed E-state index contributed by atoms with van der Waals surface area (Å²) in [5.74, 6) is 0.643. The van der Waals surface area contributed by atoms with Crippen molar-refractivity contribution in [2.24, 2.45) is 0 Å². The Morgan fingerprint density at radius 1 is 1.21 bits per heavy atom. The Hall–Kier alpha value is -3.14. The van der Waals surface area contributed by atoms with Crippen molar-refractivity contribution < 1.29 is 4.42 Å². The third-order valence-corrected chi connectivity index (χ3v) is 4.24. The first-order valence-electron chi connectivity index (χ1n) is 7.84. The fourth-order valence-electron chi connectivity index (χ4n) is 3.06. The molecule has 0 radical (unpaired) electrons. The van der Waals surface area contributed by atoms with Gasteiger partial charge in [0.1, 0.15) is 11.6 Å². The Morgan fingerprint density at radius 2 is 2.04 bits per heavy atom. The molecule has 1 unspecified atom stereocenters. The molecular formula is C17H16N6O. The molecule has 0 saturated carbocycles. The first-order valence-corrected chi connectivity index (χ1v) is 7.84. The molecule has 24 heavy (non-hydrogen) atoms. The number of nitriles is 1. The number of para-hydroxylation sites is 2. The number of nitrogens with zero attached hydrogens (tertiary/aromatic N) is 6. The smallest absolute Gasteiger partial charge is 0.298 e. The van der Waals surface area contributed by atoms with Gasteiger partial charge in [0.15, 0.2) is 17.1 Å². The zero-order valence-electron chi connectivity index (χ0n) is 13.3. The van der Waals surface area contributed by atoms with Crippen LogP contribution in [0, 0.1) is 11.3 Å². The Morgan fingerprint density at radius 3 is 2.83 bits per heavy atom. The monoisotopic (exact) mass is 320 g/mol. The number of hydrogen-bond donors (Lipinski definition) is 0. The van der Waals surface area contributed by atoms with E-state index in [1.807, 2.05) is 24.3 Å². The quantitative estimate of drug-likeness (QED) is 0.716. The van der Waals surface area contributed by atoms with Gasteiger partial charge in [-0.25, -0.2) is 9.97 Å². The van der Waals surface area contributed by atoms with Crippen molar-refractivity contribution in [3.05, 3.63) is 42.4 Å². The Bertz CT molecular complexity index is 882. The molecule has 1 saturated heterocycles. The highest BCUT2D eigenvalue weighted by Crippen LogP contribution is 2.26. The summed E-state index contributed by atoms with van der Waals surface area (Å²) >= 11 is 0. The van der Waals surface area contributed by atoms with Gasteiger partial charge in [0, 0.05) is 38.1 Å². The Labute approximate surface area is 139 Å². The normalized spacial score (nSPS) is 17.9. The van der Waals surface area contributed by atoms with Crippen molar-refractivity contribution in [2.75, 3.05) is 29.4 Å². The average Bonchev–Trinajstić information content (AvgIpc) is 3.05. The van der Waals surface area contributed by atoms with Crippen molar-refractivity contribution >= 4 is 22.9 Å². The lowest BCUT2D eigenvalue weighted by Crippen LogP contribution is -2.52. The van der Waals surface area contributed by atoms with Crippen LogP contribution in [0.3, 0.4) is 0 Å². The van der Waals surface area contributed by atoms with Crippen LogP contribution in [0.25, 0.3) is 11.1 Å². The lowest BCUT2D eigenvalue weighted by atomic mass is 10.2. The second kappa shape index (κ2) is 5.81. The zero-order chi connectivity index (χ0) is 16.5. The molecule has 1 aliphatic heterocycles. The maximum atomic E-state index is 9.21. The molecule has 0 amide bonds. The second-order valence-corrected chi connectivity index (χ2v) is 5.79. The molecule has 0 aliphatic carbocycles. The van der Waals surface area contributed by atoms with Crippen LogP contribution in [0.5, 0.6) is 0 Å². The fraction of sp³-hybridized carbons (Fsp3) is 0.294. The fourth-order valence-corrected chi connectivity index (χ4v) is 3.06. The van der Waals surface area contributed by atoms with Crippen molar-refractivity contribution in [3.63, 3.8) is 0 Å². The number of aromatic nitrogens is 3. The zero-order valence-corrected chi connectivity index (χ0v) is 13.3. The van der Waals surface area contributed by atoms with Gasteiger partial charge < -0.3 is 14.2 Å². The third kappa shape index (κ3) is 2.42. The minimum absolute atomic E-state index is 0.181. The number of rotatable bonds is 2. The van der Waals surface area contributed by atoms with Crippen molar-refractivity contribution in [3.8, 4) is 6.07 Å². The van der Waals surface area contributed by atoms with Crippen molar-refractivity contribution in [1.29, 1.82) is 5.26 Å². The number of hydrogen-bond acceptors (Lipinski definition) is 7. The van der Waals surface area contributed by atoms with Gasteiger partial charge >= 0.3 is 0 Å². The Kier molecular flexibility index (Phi) is 3.50. The number of oxazole rings is 1. The second-order valence-electron chi connectivity index (χ2n) is 5.79. The standard InChI is InChI=1S/C17H16N6O/c1-12-11-22(16-14(10-18)19-6-7-20-16)8-9-23(12)17-21-13-4-2-3-5-15(13)24-17/h2-7,12H,8-9,11H2,1H3. The molecule has 0 spiro atoms. The van der Waals surface area contributed by atoms with Crippen LogP contribution in [-0.4, -0.2) is 40.6 Å². The van der Waals surface area contributed by atoms with E-state index in [2.05, 4.69) is 37.7 Å². The van der Waals surface area contributed by atoms with E-state index < -0.39 is 0 Å². The van der Waals surface area contributed by atoms with Crippen LogP contribution < -0.4 is 9.80 Å². The molecule has 1 atom stereocenters. The van der Waals surface area contributed by atoms with Crippen LogP contribution in [0.4, 0.5) is 11.8 Å². The molecule has 3 aromatic rings. The summed E-state index contributed by atoms with van der Waals surface area (Å²) in [6.45, 7) is 4.32. The predicted molar refractivity (Wildman–Crippen MR) is 89.8 cm³/mol. The number of anilines is 2. The molecule has 4 rings (SSSR count). The van der Waals surface area contributed by atoms with Crippen LogP contribution in [0.2, 0.25) is 0 Å². The summed E-state index contributed by atoms with van der Waals surface area (Å²) in [5.41, 5.74) is 2.02. The molecule has 3 heterocycles. The van der Waals surface area contributed by atoms with Crippen LogP contribution in [-0.2, 0) is 0 Å². The summed E-state index contributed by atoms with van der Waals surface area (Å²) < 4.78 is 5.88. The summed E-state index contributed by atoms with van der Waals surface area (Å²) in [6.07, 6.45) is 3.16. The molecule has 120 valence electrons. The van der Waals surface area contributed by atoms with E-state index in [0.29, 0.717) is 17.5 Å². The molecule has 7 heteroatoms. The molecule has 1 aromatic carbocycles. The van der Waals surface area contributed by atoms with E-state index in [1.165, 1.54) is 0 Å². The number of piperazine rings is 1. The minimum atomic E-state index is 0.181.